The molecule has 0 amide bonds. The highest BCUT2D eigenvalue weighted by Crippen LogP contribution is 2.29. The molecule has 0 aliphatic carbocycles. The standard InChI is InChI=1S/C12H11F3N4O3/c1-18-6-4-8(17-18)11-9(19(20)21)2-3-10(16-11)22-7-5-12(13,14)15/h2-4,6H,5,7H2,1H3. The third-order valence-corrected chi connectivity index (χ3v) is 2.64. The lowest BCUT2D eigenvalue weighted by atomic mass is 10.2. The first-order valence-electron chi connectivity index (χ1n) is 6.11. The summed E-state index contributed by atoms with van der Waals surface area (Å²) < 4.78 is 42.5. The third kappa shape index (κ3) is 3.93. The van der Waals surface area contributed by atoms with E-state index in [1.54, 1.807) is 13.2 Å². The van der Waals surface area contributed by atoms with Crippen molar-refractivity contribution in [2.45, 2.75) is 12.6 Å². The predicted octanol–water partition coefficient (Wildman–Crippen LogP) is 2.72. The molecule has 2 aromatic rings. The first kappa shape index (κ1) is 15.7. The van der Waals surface area contributed by atoms with Crippen molar-refractivity contribution in [1.82, 2.24) is 14.8 Å². The van der Waals surface area contributed by atoms with Crippen LogP contribution in [0.3, 0.4) is 0 Å². The number of halogens is 3. The van der Waals surface area contributed by atoms with Crippen LogP contribution >= 0.6 is 0 Å². The van der Waals surface area contributed by atoms with Crippen molar-refractivity contribution in [2.24, 2.45) is 7.05 Å². The molecule has 2 heterocycles. The van der Waals surface area contributed by atoms with Crippen LogP contribution in [-0.4, -0.2) is 32.5 Å². The van der Waals surface area contributed by atoms with Gasteiger partial charge in [0.05, 0.1) is 18.0 Å². The second-order valence-corrected chi connectivity index (χ2v) is 4.36. The smallest absolute Gasteiger partial charge is 0.392 e. The van der Waals surface area contributed by atoms with Gasteiger partial charge in [0, 0.05) is 25.4 Å². The molecule has 0 aliphatic heterocycles. The highest BCUT2D eigenvalue weighted by atomic mass is 19.4. The fourth-order valence-electron chi connectivity index (χ4n) is 1.66. The zero-order valence-corrected chi connectivity index (χ0v) is 11.4. The maximum atomic E-state index is 12.1. The van der Waals surface area contributed by atoms with Crippen LogP contribution in [0.2, 0.25) is 0 Å². The minimum absolute atomic E-state index is 0.0601. The number of pyridine rings is 1. The van der Waals surface area contributed by atoms with Crippen LogP contribution in [0.25, 0.3) is 11.4 Å². The van der Waals surface area contributed by atoms with Crippen molar-refractivity contribution in [3.05, 3.63) is 34.5 Å². The summed E-state index contributed by atoms with van der Waals surface area (Å²) in [6.45, 7) is -0.615. The molecule has 22 heavy (non-hydrogen) atoms. The largest absolute Gasteiger partial charge is 0.477 e. The minimum atomic E-state index is -4.34. The van der Waals surface area contributed by atoms with Gasteiger partial charge in [-0.05, 0) is 6.07 Å². The molecule has 10 heteroatoms. The van der Waals surface area contributed by atoms with Gasteiger partial charge in [-0.3, -0.25) is 14.8 Å². The number of rotatable bonds is 5. The molecule has 118 valence electrons. The molecule has 2 aromatic heterocycles. The zero-order chi connectivity index (χ0) is 16.3. The summed E-state index contributed by atoms with van der Waals surface area (Å²) in [6.07, 6.45) is -3.91. The molecule has 0 fully saturated rings. The summed E-state index contributed by atoms with van der Waals surface area (Å²) in [6, 6.07) is 3.79. The van der Waals surface area contributed by atoms with Gasteiger partial charge in [-0.25, -0.2) is 4.98 Å². The van der Waals surface area contributed by atoms with Crippen LogP contribution in [0, 0.1) is 10.1 Å². The first-order valence-corrected chi connectivity index (χ1v) is 6.11. The van der Waals surface area contributed by atoms with E-state index in [9.17, 15) is 23.3 Å². The van der Waals surface area contributed by atoms with E-state index in [0.717, 1.165) is 12.1 Å². The summed E-state index contributed by atoms with van der Waals surface area (Å²) in [5, 5.41) is 15.0. The Labute approximate surface area is 122 Å². The fourth-order valence-corrected chi connectivity index (χ4v) is 1.66. The van der Waals surface area contributed by atoms with E-state index in [-0.39, 0.29) is 23.0 Å². The number of ether oxygens (including phenoxy) is 1. The lowest BCUT2D eigenvalue weighted by Gasteiger charge is -2.08. The van der Waals surface area contributed by atoms with Gasteiger partial charge >= 0.3 is 6.18 Å². The van der Waals surface area contributed by atoms with Crippen LogP contribution in [0.15, 0.2) is 24.4 Å². The van der Waals surface area contributed by atoms with Gasteiger partial charge in [0.1, 0.15) is 5.69 Å². The van der Waals surface area contributed by atoms with Gasteiger partial charge in [0.15, 0.2) is 5.69 Å². The monoisotopic (exact) mass is 316 g/mol. The van der Waals surface area contributed by atoms with Crippen molar-refractivity contribution in [2.75, 3.05) is 6.61 Å². The number of nitro groups is 1. The van der Waals surface area contributed by atoms with Gasteiger partial charge in [-0.2, -0.15) is 18.3 Å². The van der Waals surface area contributed by atoms with Gasteiger partial charge in [0.2, 0.25) is 5.88 Å². The summed E-state index contributed by atoms with van der Waals surface area (Å²) in [7, 11) is 1.62. The SMILES string of the molecule is Cn1ccc(-c2nc(OCCC(F)(F)F)ccc2[N+](=O)[O-])n1. The number of nitrogens with zero attached hydrogens (tertiary/aromatic N) is 4. The highest BCUT2D eigenvalue weighted by Gasteiger charge is 2.27. The topological polar surface area (TPSA) is 83.1 Å². The molecule has 0 aliphatic rings. The van der Waals surface area contributed by atoms with E-state index in [1.165, 1.54) is 10.7 Å². The lowest BCUT2D eigenvalue weighted by molar-refractivity contribution is -0.384. The molecular formula is C12H11F3N4O3. The number of hydrogen-bond acceptors (Lipinski definition) is 5. The van der Waals surface area contributed by atoms with Gasteiger partial charge < -0.3 is 4.74 Å². The number of aromatic nitrogens is 3. The van der Waals surface area contributed by atoms with E-state index in [0.29, 0.717) is 0 Å². The average Bonchev–Trinajstić information content (AvgIpc) is 2.83. The van der Waals surface area contributed by atoms with Crippen molar-refractivity contribution < 1.29 is 22.8 Å². The molecule has 0 unspecified atom stereocenters. The summed E-state index contributed by atoms with van der Waals surface area (Å²) in [5.74, 6) is -0.129. The number of hydrogen-bond donors (Lipinski definition) is 0. The Morgan fingerprint density at radius 3 is 2.64 bits per heavy atom. The summed E-state index contributed by atoms with van der Waals surface area (Å²) in [4.78, 5) is 14.2. The quantitative estimate of drug-likeness (QED) is 0.625. The first-order chi connectivity index (χ1) is 10.3. The van der Waals surface area contributed by atoms with Gasteiger partial charge in [-0.15, -0.1) is 0 Å². The molecule has 2 rings (SSSR count). The van der Waals surface area contributed by atoms with Gasteiger partial charge in [-0.1, -0.05) is 0 Å². The molecule has 0 saturated carbocycles. The fraction of sp³-hybridized carbons (Fsp3) is 0.333. The Morgan fingerprint density at radius 1 is 1.36 bits per heavy atom. The molecule has 0 N–H and O–H groups in total. The van der Waals surface area contributed by atoms with E-state index < -0.39 is 24.1 Å². The molecule has 0 radical (unpaired) electrons. The lowest BCUT2D eigenvalue weighted by Crippen LogP contribution is -2.13. The van der Waals surface area contributed by atoms with Crippen molar-refractivity contribution in [3.8, 4) is 17.3 Å². The van der Waals surface area contributed by atoms with E-state index in [1.807, 2.05) is 0 Å². The molecule has 0 aromatic carbocycles. The maximum absolute atomic E-state index is 12.1. The van der Waals surface area contributed by atoms with Crippen molar-refractivity contribution in [1.29, 1.82) is 0 Å². The second kappa shape index (κ2) is 6.00. The van der Waals surface area contributed by atoms with E-state index in [4.69, 9.17) is 4.74 Å². The number of alkyl halides is 3. The molecule has 7 nitrogen and oxygen atoms in total. The van der Waals surface area contributed by atoms with Crippen LogP contribution < -0.4 is 4.74 Å². The molecule has 0 bridgehead atoms. The average molecular weight is 316 g/mol. The molecular weight excluding hydrogens is 305 g/mol. The van der Waals surface area contributed by atoms with Crippen LogP contribution in [0.5, 0.6) is 5.88 Å². The third-order valence-electron chi connectivity index (χ3n) is 2.64. The Balaban J connectivity index is 2.26. The van der Waals surface area contributed by atoms with Crippen LogP contribution in [0.1, 0.15) is 6.42 Å². The summed E-state index contributed by atoms with van der Waals surface area (Å²) in [5.41, 5.74) is -0.132. The molecule has 0 atom stereocenters. The van der Waals surface area contributed by atoms with Crippen LogP contribution in [0.4, 0.5) is 18.9 Å². The van der Waals surface area contributed by atoms with Gasteiger partial charge in [0.25, 0.3) is 5.69 Å². The maximum Gasteiger partial charge on any atom is 0.392 e. The Morgan fingerprint density at radius 2 is 2.09 bits per heavy atom. The minimum Gasteiger partial charge on any atom is -0.477 e. The van der Waals surface area contributed by atoms with E-state index >= 15 is 0 Å². The second-order valence-electron chi connectivity index (χ2n) is 4.36. The molecule has 0 spiro atoms. The van der Waals surface area contributed by atoms with Crippen LogP contribution in [-0.2, 0) is 7.05 Å². The Bertz CT molecular complexity index is 684. The van der Waals surface area contributed by atoms with Crippen molar-refractivity contribution in [3.63, 3.8) is 0 Å². The van der Waals surface area contributed by atoms with E-state index in [2.05, 4.69) is 10.1 Å². The highest BCUT2D eigenvalue weighted by molar-refractivity contribution is 5.66. The normalized spacial score (nSPS) is 11.5. The Kier molecular flexibility index (Phi) is 4.29. The van der Waals surface area contributed by atoms with Crippen molar-refractivity contribution >= 4 is 5.69 Å². The summed E-state index contributed by atoms with van der Waals surface area (Å²) >= 11 is 0. The molecule has 0 saturated heterocycles. The Hall–Kier alpha value is -2.65. The predicted molar refractivity (Wildman–Crippen MR) is 69.3 cm³/mol. The zero-order valence-electron chi connectivity index (χ0n) is 11.4. The number of aryl methyl sites for hydroxylation is 1.